The third-order valence-electron chi connectivity index (χ3n) is 6.27. The molecular formula is C27H36N2O3. The number of rotatable bonds is 8. The molecule has 172 valence electrons. The molecule has 2 aromatic rings. The zero-order valence-electron chi connectivity index (χ0n) is 19.8. The van der Waals surface area contributed by atoms with Gasteiger partial charge in [-0.15, -0.1) is 0 Å². The highest BCUT2D eigenvalue weighted by molar-refractivity contribution is 5.88. The maximum Gasteiger partial charge on any atom is 0.261 e. The Morgan fingerprint density at radius 1 is 1.00 bits per heavy atom. The molecule has 1 unspecified atom stereocenters. The van der Waals surface area contributed by atoms with Crippen molar-refractivity contribution in [3.63, 3.8) is 0 Å². The lowest BCUT2D eigenvalue weighted by Crippen LogP contribution is -2.51. The van der Waals surface area contributed by atoms with Crippen molar-refractivity contribution >= 4 is 11.8 Å². The molecule has 3 rings (SSSR count). The second kappa shape index (κ2) is 11.2. The van der Waals surface area contributed by atoms with Crippen LogP contribution in [0.5, 0.6) is 5.75 Å². The van der Waals surface area contributed by atoms with E-state index in [2.05, 4.69) is 5.32 Å². The minimum Gasteiger partial charge on any atom is -0.483 e. The Morgan fingerprint density at radius 2 is 1.66 bits per heavy atom. The number of hydrogen-bond donors (Lipinski definition) is 1. The van der Waals surface area contributed by atoms with E-state index in [1.54, 1.807) is 11.8 Å². The third-order valence-corrected chi connectivity index (χ3v) is 6.27. The predicted molar refractivity (Wildman–Crippen MR) is 128 cm³/mol. The van der Waals surface area contributed by atoms with Crippen LogP contribution in [0, 0.1) is 20.8 Å². The van der Waals surface area contributed by atoms with Gasteiger partial charge in [0.05, 0.1) is 0 Å². The van der Waals surface area contributed by atoms with Gasteiger partial charge in [0.25, 0.3) is 5.91 Å². The van der Waals surface area contributed by atoms with Crippen LogP contribution in [0.15, 0.2) is 42.5 Å². The molecule has 0 radical (unpaired) electrons. The molecule has 5 heteroatoms. The van der Waals surface area contributed by atoms with E-state index in [9.17, 15) is 9.59 Å². The average Bonchev–Trinajstić information content (AvgIpc) is 2.78. The Bertz CT molecular complexity index is 917. The number of aryl methyl sites for hydroxylation is 3. The van der Waals surface area contributed by atoms with Gasteiger partial charge in [-0.3, -0.25) is 9.59 Å². The molecule has 32 heavy (non-hydrogen) atoms. The Morgan fingerprint density at radius 3 is 2.31 bits per heavy atom. The number of carbonyl (C=O) groups is 2. The van der Waals surface area contributed by atoms with Crippen LogP contribution in [0.25, 0.3) is 0 Å². The first-order valence-electron chi connectivity index (χ1n) is 11.7. The minimum absolute atomic E-state index is 0.0936. The van der Waals surface area contributed by atoms with E-state index in [1.807, 2.05) is 63.2 Å². The van der Waals surface area contributed by atoms with E-state index in [4.69, 9.17) is 4.74 Å². The highest BCUT2D eigenvalue weighted by Gasteiger charge is 2.28. The quantitative estimate of drug-likeness (QED) is 0.643. The highest BCUT2D eigenvalue weighted by atomic mass is 16.5. The molecule has 0 heterocycles. The zero-order valence-corrected chi connectivity index (χ0v) is 19.8. The van der Waals surface area contributed by atoms with Gasteiger partial charge in [0.15, 0.2) is 6.61 Å². The molecule has 1 saturated carbocycles. The molecule has 1 aliphatic carbocycles. The summed E-state index contributed by atoms with van der Waals surface area (Å²) in [5.74, 6) is 0.402. The molecule has 0 aliphatic heterocycles. The largest absolute Gasteiger partial charge is 0.483 e. The molecule has 1 fully saturated rings. The predicted octanol–water partition coefficient (Wildman–Crippen LogP) is 4.86. The van der Waals surface area contributed by atoms with E-state index in [0.717, 1.165) is 47.9 Å². The van der Waals surface area contributed by atoms with Gasteiger partial charge in [0, 0.05) is 12.6 Å². The second-order valence-corrected chi connectivity index (χ2v) is 9.08. The molecule has 2 aromatic carbocycles. The number of amides is 2. The van der Waals surface area contributed by atoms with Crippen LogP contribution in [0.3, 0.4) is 0 Å². The summed E-state index contributed by atoms with van der Waals surface area (Å²) in [5.41, 5.74) is 4.29. The first kappa shape index (κ1) is 23.8. The van der Waals surface area contributed by atoms with Crippen molar-refractivity contribution in [3.8, 4) is 5.75 Å². The molecule has 0 bridgehead atoms. The number of carbonyl (C=O) groups excluding carboxylic acids is 2. The Labute approximate surface area is 192 Å². The van der Waals surface area contributed by atoms with Crippen LogP contribution >= 0.6 is 0 Å². The molecule has 5 nitrogen and oxygen atoms in total. The first-order valence-corrected chi connectivity index (χ1v) is 11.7. The summed E-state index contributed by atoms with van der Waals surface area (Å²) in [4.78, 5) is 27.9. The number of ether oxygens (including phenoxy) is 1. The standard InChI is InChI=1S/C27H36N2O3/c1-19-10-13-23(14-11-19)17-29(22(4)27(31)28-24-8-6-5-7-9-24)26(30)18-32-25-15-12-20(2)16-21(25)3/h10-16,22,24H,5-9,17-18H2,1-4H3,(H,28,31). The fourth-order valence-electron chi connectivity index (χ4n) is 4.23. The average molecular weight is 437 g/mol. The zero-order chi connectivity index (χ0) is 23.1. The second-order valence-electron chi connectivity index (χ2n) is 9.08. The summed E-state index contributed by atoms with van der Waals surface area (Å²) in [6.45, 7) is 8.10. The number of benzene rings is 2. The molecule has 0 aromatic heterocycles. The van der Waals surface area contributed by atoms with Crippen LogP contribution in [-0.2, 0) is 16.1 Å². The fraction of sp³-hybridized carbons (Fsp3) is 0.481. The van der Waals surface area contributed by atoms with Crippen molar-refractivity contribution in [2.24, 2.45) is 0 Å². The summed E-state index contributed by atoms with van der Waals surface area (Å²) in [6, 6.07) is 13.6. The number of nitrogens with zero attached hydrogens (tertiary/aromatic N) is 1. The van der Waals surface area contributed by atoms with Crippen molar-refractivity contribution in [2.75, 3.05) is 6.61 Å². The van der Waals surface area contributed by atoms with Crippen molar-refractivity contribution < 1.29 is 14.3 Å². The molecule has 2 amide bonds. The van der Waals surface area contributed by atoms with Crippen molar-refractivity contribution in [1.29, 1.82) is 0 Å². The van der Waals surface area contributed by atoms with Crippen LogP contribution < -0.4 is 10.1 Å². The summed E-state index contributed by atoms with van der Waals surface area (Å²) >= 11 is 0. The molecule has 1 atom stereocenters. The van der Waals surface area contributed by atoms with Gasteiger partial charge in [-0.1, -0.05) is 66.8 Å². The molecular weight excluding hydrogens is 400 g/mol. The van der Waals surface area contributed by atoms with Gasteiger partial charge >= 0.3 is 0 Å². The lowest BCUT2D eigenvalue weighted by atomic mass is 9.95. The third kappa shape index (κ3) is 6.59. The van der Waals surface area contributed by atoms with Crippen LogP contribution in [-0.4, -0.2) is 35.4 Å². The Balaban J connectivity index is 1.71. The first-order chi connectivity index (χ1) is 15.3. The van der Waals surface area contributed by atoms with E-state index in [-0.39, 0.29) is 24.5 Å². The van der Waals surface area contributed by atoms with Crippen LogP contribution in [0.4, 0.5) is 0 Å². The Hall–Kier alpha value is -2.82. The molecule has 1 aliphatic rings. The van der Waals surface area contributed by atoms with E-state index in [1.165, 1.54) is 6.42 Å². The fourth-order valence-corrected chi connectivity index (χ4v) is 4.23. The highest BCUT2D eigenvalue weighted by Crippen LogP contribution is 2.20. The lowest BCUT2D eigenvalue weighted by molar-refractivity contribution is -0.142. The van der Waals surface area contributed by atoms with Gasteiger partial charge in [0.1, 0.15) is 11.8 Å². The van der Waals surface area contributed by atoms with E-state index < -0.39 is 6.04 Å². The monoisotopic (exact) mass is 436 g/mol. The van der Waals surface area contributed by atoms with Gasteiger partial charge in [-0.25, -0.2) is 0 Å². The van der Waals surface area contributed by atoms with E-state index >= 15 is 0 Å². The molecule has 0 spiro atoms. The summed E-state index contributed by atoms with van der Waals surface area (Å²) in [6.07, 6.45) is 5.56. The maximum absolute atomic E-state index is 13.2. The van der Waals surface area contributed by atoms with Crippen molar-refractivity contribution in [3.05, 3.63) is 64.7 Å². The minimum atomic E-state index is -0.576. The van der Waals surface area contributed by atoms with Crippen molar-refractivity contribution in [2.45, 2.75) is 78.4 Å². The lowest BCUT2D eigenvalue weighted by Gasteiger charge is -2.31. The van der Waals surface area contributed by atoms with Gasteiger partial charge < -0.3 is 15.0 Å². The Kier molecular flexibility index (Phi) is 8.32. The van der Waals surface area contributed by atoms with E-state index in [0.29, 0.717) is 12.3 Å². The molecule has 1 N–H and O–H groups in total. The van der Waals surface area contributed by atoms with Crippen LogP contribution in [0.1, 0.15) is 61.3 Å². The molecule has 0 saturated heterocycles. The van der Waals surface area contributed by atoms with Gasteiger partial charge in [-0.05, 0) is 57.7 Å². The summed E-state index contributed by atoms with van der Waals surface area (Å²) in [7, 11) is 0. The van der Waals surface area contributed by atoms with Crippen molar-refractivity contribution in [1.82, 2.24) is 10.2 Å². The van der Waals surface area contributed by atoms with Crippen LogP contribution in [0.2, 0.25) is 0 Å². The maximum atomic E-state index is 13.2. The SMILES string of the molecule is Cc1ccc(CN(C(=O)COc2ccc(C)cc2C)C(C)C(=O)NC2CCCCC2)cc1. The topological polar surface area (TPSA) is 58.6 Å². The number of nitrogens with one attached hydrogen (secondary N) is 1. The number of hydrogen-bond acceptors (Lipinski definition) is 3. The summed E-state index contributed by atoms with van der Waals surface area (Å²) < 4.78 is 5.85. The normalized spacial score (nSPS) is 15.1. The van der Waals surface area contributed by atoms with Gasteiger partial charge in [-0.2, -0.15) is 0 Å². The van der Waals surface area contributed by atoms with Gasteiger partial charge in [0.2, 0.25) is 5.91 Å². The summed E-state index contributed by atoms with van der Waals surface area (Å²) in [5, 5.41) is 3.16. The smallest absolute Gasteiger partial charge is 0.261 e.